The number of quaternary nitrogens is 1. The molecule has 2 aromatic rings. The number of aryl methyl sites for hydroxylation is 1. The third-order valence-corrected chi connectivity index (χ3v) is 11.1. The molecule has 11 heteroatoms. The number of nitrogens with two attached hydrogens (primary N) is 1. The van der Waals surface area contributed by atoms with Crippen LogP contribution in [0.4, 0.5) is 13.2 Å². The summed E-state index contributed by atoms with van der Waals surface area (Å²) in [5, 5.41) is 22.8. The Morgan fingerprint density at radius 3 is 2.48 bits per heavy atom. The number of hydrogen-bond donors (Lipinski definition) is 2. The number of aliphatic hydroxyl groups excluding tert-OH is 1. The van der Waals surface area contributed by atoms with Gasteiger partial charge in [-0.3, -0.25) is 4.79 Å². The Balaban J connectivity index is 0.000000451. The number of aromatic nitrogens is 1. The zero-order valence-electron chi connectivity index (χ0n) is 23.9. The first-order chi connectivity index (χ1) is 20.0. The molecule has 2 saturated heterocycles. The van der Waals surface area contributed by atoms with Crippen LogP contribution >= 0.6 is 11.3 Å². The number of thiazole rings is 1. The van der Waals surface area contributed by atoms with Crippen LogP contribution in [0.25, 0.3) is 0 Å². The molecule has 0 radical (unpaired) electrons. The van der Waals surface area contributed by atoms with Crippen LogP contribution in [-0.4, -0.2) is 58.7 Å². The number of aliphatic hydroxyl groups is 1. The highest BCUT2D eigenvalue weighted by Crippen LogP contribution is 2.50. The molecule has 42 heavy (non-hydrogen) atoms. The minimum absolute atomic E-state index is 0.00651. The SMILES string of the molecule is Cc1nc2c(s1)[C@]1(CCC2O)C[NH2+]CC1C(=O)N1CC[C@@H](c2ccccc2)C[C@H]1C1CCCCC1.O=C([O-])C(F)(F)F. The van der Waals surface area contributed by atoms with Crippen molar-refractivity contribution in [1.29, 1.82) is 0 Å². The van der Waals surface area contributed by atoms with E-state index in [1.807, 2.05) is 6.92 Å². The van der Waals surface area contributed by atoms with E-state index in [2.05, 4.69) is 40.5 Å². The summed E-state index contributed by atoms with van der Waals surface area (Å²) in [5.41, 5.74) is 2.14. The van der Waals surface area contributed by atoms with Gasteiger partial charge in [0.25, 0.3) is 0 Å². The van der Waals surface area contributed by atoms with Gasteiger partial charge < -0.3 is 25.2 Å². The first-order valence-corrected chi connectivity index (χ1v) is 15.9. The average Bonchev–Trinajstić information content (AvgIpc) is 3.60. The third-order valence-electron chi connectivity index (χ3n) is 9.89. The first-order valence-electron chi connectivity index (χ1n) is 15.1. The maximum atomic E-state index is 14.5. The predicted octanol–water partition coefficient (Wildman–Crippen LogP) is 3.36. The molecule has 6 rings (SSSR count). The Kier molecular flexibility index (Phi) is 9.30. The molecule has 4 aliphatic rings. The van der Waals surface area contributed by atoms with E-state index in [9.17, 15) is 23.1 Å². The third kappa shape index (κ3) is 6.24. The zero-order chi connectivity index (χ0) is 30.1. The molecule has 1 aromatic heterocycles. The number of hydrogen-bond acceptors (Lipinski definition) is 6. The number of halogens is 3. The van der Waals surface area contributed by atoms with Gasteiger partial charge in [0.2, 0.25) is 5.91 Å². The fourth-order valence-electron chi connectivity index (χ4n) is 7.88. The Morgan fingerprint density at radius 1 is 1.12 bits per heavy atom. The summed E-state index contributed by atoms with van der Waals surface area (Å²) >= 11 is 1.72. The molecule has 1 saturated carbocycles. The van der Waals surface area contributed by atoms with Gasteiger partial charge in [0.1, 0.15) is 11.9 Å². The Morgan fingerprint density at radius 2 is 1.81 bits per heavy atom. The van der Waals surface area contributed by atoms with E-state index in [0.29, 0.717) is 23.8 Å². The van der Waals surface area contributed by atoms with Crippen LogP contribution < -0.4 is 10.4 Å². The van der Waals surface area contributed by atoms with Crippen molar-refractivity contribution in [2.24, 2.45) is 11.8 Å². The minimum atomic E-state index is -5.19. The largest absolute Gasteiger partial charge is 0.542 e. The van der Waals surface area contributed by atoms with Crippen LogP contribution in [0.5, 0.6) is 0 Å². The molecule has 1 spiro atoms. The molecule has 5 atom stereocenters. The second-order valence-electron chi connectivity index (χ2n) is 12.4. The number of likely N-dealkylation sites (tertiary alicyclic amines) is 1. The summed E-state index contributed by atoms with van der Waals surface area (Å²) in [6.45, 7) is 4.72. The number of alkyl halides is 3. The Bertz CT molecular complexity index is 1250. The summed E-state index contributed by atoms with van der Waals surface area (Å²) in [6, 6.07) is 11.3. The second kappa shape index (κ2) is 12.6. The number of rotatable bonds is 3. The van der Waals surface area contributed by atoms with E-state index in [1.54, 1.807) is 11.3 Å². The predicted molar refractivity (Wildman–Crippen MR) is 149 cm³/mol. The van der Waals surface area contributed by atoms with E-state index >= 15 is 0 Å². The molecular weight excluding hydrogens is 567 g/mol. The first kappa shape index (κ1) is 30.9. The second-order valence-corrected chi connectivity index (χ2v) is 13.6. The molecule has 2 aliphatic heterocycles. The van der Waals surface area contributed by atoms with Crippen molar-refractivity contribution in [3.05, 3.63) is 51.5 Å². The van der Waals surface area contributed by atoms with Crippen LogP contribution in [0, 0.1) is 18.8 Å². The molecular formula is C31H40F3N3O4S. The van der Waals surface area contributed by atoms with Crippen molar-refractivity contribution < 1.29 is 38.3 Å². The summed E-state index contributed by atoms with van der Waals surface area (Å²) in [5.74, 6) is -1.44. The molecule has 3 heterocycles. The van der Waals surface area contributed by atoms with Crippen molar-refractivity contribution in [3.63, 3.8) is 0 Å². The molecule has 1 amide bonds. The van der Waals surface area contributed by atoms with Crippen LogP contribution in [0.3, 0.4) is 0 Å². The maximum absolute atomic E-state index is 14.5. The lowest BCUT2D eigenvalue weighted by atomic mass is 9.67. The highest BCUT2D eigenvalue weighted by Gasteiger charge is 2.57. The number of nitrogens with zero attached hydrogens (tertiary/aromatic N) is 2. The van der Waals surface area contributed by atoms with Crippen molar-refractivity contribution >= 4 is 23.2 Å². The van der Waals surface area contributed by atoms with Gasteiger partial charge in [-0.2, -0.15) is 13.2 Å². The normalized spacial score (nSPS) is 30.0. The molecule has 3 fully saturated rings. The number of carboxylic acid groups (broad SMARTS) is 1. The summed E-state index contributed by atoms with van der Waals surface area (Å²) in [7, 11) is 0. The molecule has 3 N–H and O–H groups in total. The van der Waals surface area contributed by atoms with Crippen LogP contribution in [-0.2, 0) is 15.0 Å². The van der Waals surface area contributed by atoms with E-state index in [0.717, 1.165) is 56.0 Å². The summed E-state index contributed by atoms with van der Waals surface area (Å²) in [6.07, 6.45) is 4.59. The van der Waals surface area contributed by atoms with Gasteiger partial charge in [0.15, 0.2) is 0 Å². The van der Waals surface area contributed by atoms with Crippen LogP contribution in [0.2, 0.25) is 0 Å². The number of fused-ring (bicyclic) bond motifs is 2. The van der Waals surface area contributed by atoms with E-state index in [4.69, 9.17) is 14.9 Å². The van der Waals surface area contributed by atoms with Crippen LogP contribution in [0.1, 0.15) is 91.0 Å². The lowest BCUT2D eigenvalue weighted by Crippen LogP contribution is -2.82. The molecule has 2 aliphatic carbocycles. The Hall–Kier alpha value is -2.50. The highest BCUT2D eigenvalue weighted by molar-refractivity contribution is 7.11. The van der Waals surface area contributed by atoms with Gasteiger partial charge in [-0.15, -0.1) is 11.3 Å². The highest BCUT2D eigenvalue weighted by atomic mass is 32.1. The van der Waals surface area contributed by atoms with Crippen molar-refractivity contribution in [2.75, 3.05) is 19.6 Å². The fraction of sp³-hybridized carbons (Fsp3) is 0.645. The summed E-state index contributed by atoms with van der Waals surface area (Å²) < 4.78 is 31.5. The Labute approximate surface area is 248 Å². The lowest BCUT2D eigenvalue weighted by Gasteiger charge is -2.47. The number of amides is 1. The lowest BCUT2D eigenvalue weighted by molar-refractivity contribution is -0.640. The van der Waals surface area contributed by atoms with E-state index in [1.165, 1.54) is 42.5 Å². The fourth-order valence-corrected chi connectivity index (χ4v) is 9.13. The topological polar surface area (TPSA) is 110 Å². The van der Waals surface area contributed by atoms with Crippen molar-refractivity contribution in [1.82, 2.24) is 9.88 Å². The zero-order valence-corrected chi connectivity index (χ0v) is 24.8. The van der Waals surface area contributed by atoms with Crippen molar-refractivity contribution in [2.45, 2.75) is 94.4 Å². The average molecular weight is 608 g/mol. The smallest absolute Gasteiger partial charge is 0.430 e. The van der Waals surface area contributed by atoms with E-state index in [-0.39, 0.29) is 11.3 Å². The number of benzene rings is 1. The number of piperidine rings is 1. The number of carbonyl (C=O) groups excluding carboxylic acids is 2. The van der Waals surface area contributed by atoms with Gasteiger partial charge in [-0.05, 0) is 62.8 Å². The van der Waals surface area contributed by atoms with Crippen LogP contribution in [0.15, 0.2) is 30.3 Å². The standard InChI is InChI=1S/C29H39N3O2S.C2HF3O2/c1-19-31-26-25(33)12-14-29(27(26)35-19)18-30-17-23(29)28(34)32-15-13-22(20-8-4-2-5-9-20)16-24(32)21-10-6-3-7-11-21;3-2(4,5)1(6)7/h2,4-5,8-9,21-25,30,33H,3,6-7,10-18H2,1H3;(H,6,7)/t22-,23?,24+,25?,29-;/m1./s1. The monoisotopic (exact) mass is 607 g/mol. The van der Waals surface area contributed by atoms with Crippen molar-refractivity contribution in [3.8, 4) is 0 Å². The molecule has 2 unspecified atom stereocenters. The minimum Gasteiger partial charge on any atom is -0.542 e. The maximum Gasteiger partial charge on any atom is 0.430 e. The number of carboxylic acids is 1. The van der Waals surface area contributed by atoms with Gasteiger partial charge in [0, 0.05) is 17.5 Å². The molecule has 230 valence electrons. The van der Waals surface area contributed by atoms with E-state index < -0.39 is 18.2 Å². The number of carbonyl (C=O) groups is 2. The molecule has 1 aromatic carbocycles. The quantitative estimate of drug-likeness (QED) is 0.556. The summed E-state index contributed by atoms with van der Waals surface area (Å²) in [4.78, 5) is 31.5. The van der Waals surface area contributed by atoms with Gasteiger partial charge >= 0.3 is 6.18 Å². The molecule has 0 bridgehead atoms. The van der Waals surface area contributed by atoms with Gasteiger partial charge in [-0.25, -0.2) is 4.98 Å². The van der Waals surface area contributed by atoms with Gasteiger partial charge in [-0.1, -0.05) is 49.6 Å². The molecule has 7 nitrogen and oxygen atoms in total. The van der Waals surface area contributed by atoms with Gasteiger partial charge in [0.05, 0.1) is 35.3 Å². The number of aliphatic carboxylic acids is 1.